The van der Waals surface area contributed by atoms with Gasteiger partial charge in [-0.25, -0.2) is 0 Å². The van der Waals surface area contributed by atoms with Gasteiger partial charge < -0.3 is 14.8 Å². The number of ether oxygens (including phenoxy) is 2. The fraction of sp³-hybridized carbons (Fsp3) is 0.136. The number of methoxy groups -OCH3 is 2. The molecule has 2 heterocycles. The Morgan fingerprint density at radius 2 is 1.74 bits per heavy atom. The van der Waals surface area contributed by atoms with Crippen LogP contribution in [0.2, 0.25) is 0 Å². The van der Waals surface area contributed by atoms with Gasteiger partial charge >= 0.3 is 0 Å². The Morgan fingerprint density at radius 1 is 1.00 bits per heavy atom. The average Bonchev–Trinajstić information content (AvgIpc) is 3.47. The van der Waals surface area contributed by atoms with Crippen molar-refractivity contribution in [3.05, 3.63) is 66.0 Å². The Labute approximate surface area is 188 Å². The second kappa shape index (κ2) is 9.67. The van der Waals surface area contributed by atoms with Crippen molar-refractivity contribution in [3.8, 4) is 27.9 Å². The summed E-state index contributed by atoms with van der Waals surface area (Å²) in [5.41, 5.74) is 1.44. The van der Waals surface area contributed by atoms with E-state index in [0.717, 1.165) is 10.6 Å². The minimum atomic E-state index is -0.165. The molecule has 9 heteroatoms. The Hall–Kier alpha value is -3.30. The molecule has 2 aromatic carbocycles. The van der Waals surface area contributed by atoms with Gasteiger partial charge in [-0.1, -0.05) is 42.1 Å². The second-order valence-electron chi connectivity index (χ2n) is 6.33. The number of nitrogens with zero attached hydrogens (tertiary/aromatic N) is 3. The lowest BCUT2D eigenvalue weighted by molar-refractivity contribution is -0.113. The number of aromatic nitrogens is 3. The number of rotatable bonds is 8. The lowest BCUT2D eigenvalue weighted by Gasteiger charge is -2.13. The van der Waals surface area contributed by atoms with Gasteiger partial charge in [0.15, 0.2) is 11.0 Å². The zero-order valence-electron chi connectivity index (χ0n) is 16.9. The monoisotopic (exact) mass is 452 g/mol. The van der Waals surface area contributed by atoms with Gasteiger partial charge in [0, 0.05) is 0 Å². The van der Waals surface area contributed by atoms with E-state index in [9.17, 15) is 4.79 Å². The average molecular weight is 453 g/mol. The fourth-order valence-corrected chi connectivity index (χ4v) is 4.47. The summed E-state index contributed by atoms with van der Waals surface area (Å²) in [4.78, 5) is 13.6. The molecule has 0 unspecified atom stereocenters. The number of carbonyl (C=O) groups is 1. The quantitative estimate of drug-likeness (QED) is 0.389. The van der Waals surface area contributed by atoms with E-state index in [2.05, 4.69) is 15.5 Å². The van der Waals surface area contributed by atoms with Gasteiger partial charge in [0.2, 0.25) is 5.91 Å². The summed E-state index contributed by atoms with van der Waals surface area (Å²) >= 11 is 2.88. The van der Waals surface area contributed by atoms with Crippen molar-refractivity contribution < 1.29 is 14.3 Å². The topological polar surface area (TPSA) is 78.3 Å². The van der Waals surface area contributed by atoms with Crippen LogP contribution in [-0.4, -0.2) is 40.6 Å². The number of nitrogens with one attached hydrogen (secondary N) is 1. The Morgan fingerprint density at radius 3 is 2.48 bits per heavy atom. The number of thiophene rings is 1. The highest BCUT2D eigenvalue weighted by molar-refractivity contribution is 7.99. The van der Waals surface area contributed by atoms with Gasteiger partial charge in [-0.2, -0.15) is 0 Å². The number of thioether (sulfide) groups is 1. The molecular formula is C22H20N4O3S2. The van der Waals surface area contributed by atoms with Gasteiger partial charge in [-0.3, -0.25) is 9.36 Å². The van der Waals surface area contributed by atoms with Crippen LogP contribution in [0.4, 0.5) is 5.69 Å². The van der Waals surface area contributed by atoms with Crippen molar-refractivity contribution in [1.82, 2.24) is 14.8 Å². The number of para-hydroxylation sites is 4. The summed E-state index contributed by atoms with van der Waals surface area (Å²) in [7, 11) is 3.20. The van der Waals surface area contributed by atoms with E-state index in [-0.39, 0.29) is 11.7 Å². The van der Waals surface area contributed by atoms with Crippen LogP contribution in [0.15, 0.2) is 71.2 Å². The predicted molar refractivity (Wildman–Crippen MR) is 124 cm³/mol. The first kappa shape index (κ1) is 21.0. The van der Waals surface area contributed by atoms with Crippen LogP contribution in [0.1, 0.15) is 0 Å². The van der Waals surface area contributed by atoms with Crippen molar-refractivity contribution in [2.75, 3.05) is 25.3 Å². The first-order valence-electron chi connectivity index (χ1n) is 9.39. The van der Waals surface area contributed by atoms with Crippen LogP contribution in [0.3, 0.4) is 0 Å². The van der Waals surface area contributed by atoms with Crippen LogP contribution in [0, 0.1) is 0 Å². The zero-order chi connectivity index (χ0) is 21.6. The predicted octanol–water partition coefficient (Wildman–Crippen LogP) is 4.74. The Bertz CT molecular complexity index is 1180. The number of anilines is 1. The molecule has 31 heavy (non-hydrogen) atoms. The molecule has 0 fully saturated rings. The summed E-state index contributed by atoms with van der Waals surface area (Å²) in [6.45, 7) is 0. The Kier molecular flexibility index (Phi) is 6.54. The zero-order valence-corrected chi connectivity index (χ0v) is 18.6. The molecule has 0 saturated heterocycles. The van der Waals surface area contributed by atoms with E-state index in [1.165, 1.54) is 11.8 Å². The van der Waals surface area contributed by atoms with Gasteiger partial charge in [0.25, 0.3) is 0 Å². The molecule has 0 radical (unpaired) electrons. The van der Waals surface area contributed by atoms with Gasteiger partial charge in [-0.15, -0.1) is 21.5 Å². The molecule has 1 N–H and O–H groups in total. The molecule has 7 nitrogen and oxygen atoms in total. The third-order valence-corrected chi connectivity index (χ3v) is 6.21. The number of benzene rings is 2. The highest BCUT2D eigenvalue weighted by atomic mass is 32.2. The maximum absolute atomic E-state index is 12.6. The highest BCUT2D eigenvalue weighted by Crippen LogP contribution is 2.34. The van der Waals surface area contributed by atoms with Crippen molar-refractivity contribution in [2.24, 2.45) is 0 Å². The van der Waals surface area contributed by atoms with E-state index < -0.39 is 0 Å². The lowest BCUT2D eigenvalue weighted by atomic mass is 10.3. The summed E-state index contributed by atoms with van der Waals surface area (Å²) in [6.07, 6.45) is 0. The molecule has 0 aliphatic rings. The number of hydrogen-bond acceptors (Lipinski definition) is 7. The first-order valence-corrected chi connectivity index (χ1v) is 11.3. The SMILES string of the molecule is COc1ccccc1NC(=O)CSc1nnc(-c2cccs2)n1-c1ccccc1OC. The normalized spacial score (nSPS) is 10.6. The second-order valence-corrected chi connectivity index (χ2v) is 8.22. The molecule has 0 saturated carbocycles. The molecule has 0 atom stereocenters. The Balaban J connectivity index is 1.61. The van der Waals surface area contributed by atoms with Gasteiger partial charge in [-0.05, 0) is 35.7 Å². The first-order chi connectivity index (χ1) is 15.2. The molecule has 0 aliphatic carbocycles. The van der Waals surface area contributed by atoms with Crippen molar-refractivity contribution in [1.29, 1.82) is 0 Å². The molecule has 0 spiro atoms. The van der Waals surface area contributed by atoms with Crippen LogP contribution in [0.5, 0.6) is 11.5 Å². The number of hydrogen-bond donors (Lipinski definition) is 1. The lowest BCUT2D eigenvalue weighted by Crippen LogP contribution is -2.15. The summed E-state index contributed by atoms with van der Waals surface area (Å²) in [5, 5.41) is 14.2. The van der Waals surface area contributed by atoms with E-state index >= 15 is 0 Å². The number of carbonyl (C=O) groups excluding carboxylic acids is 1. The smallest absolute Gasteiger partial charge is 0.234 e. The van der Waals surface area contributed by atoms with E-state index in [1.54, 1.807) is 37.7 Å². The summed E-state index contributed by atoms with van der Waals surface area (Å²) in [5.74, 6) is 2.00. The molecule has 1 amide bonds. The van der Waals surface area contributed by atoms with E-state index in [1.807, 2.05) is 58.5 Å². The van der Waals surface area contributed by atoms with Crippen molar-refractivity contribution in [2.45, 2.75) is 5.16 Å². The molecule has 0 aliphatic heterocycles. The summed E-state index contributed by atoms with van der Waals surface area (Å²) in [6, 6.07) is 18.9. The van der Waals surface area contributed by atoms with Crippen LogP contribution in [-0.2, 0) is 4.79 Å². The molecule has 4 rings (SSSR count). The van der Waals surface area contributed by atoms with Crippen LogP contribution >= 0.6 is 23.1 Å². The van der Waals surface area contributed by atoms with Crippen LogP contribution < -0.4 is 14.8 Å². The molecular weight excluding hydrogens is 432 g/mol. The van der Waals surface area contributed by atoms with E-state index in [0.29, 0.717) is 28.2 Å². The highest BCUT2D eigenvalue weighted by Gasteiger charge is 2.20. The fourth-order valence-electron chi connectivity index (χ4n) is 3.02. The standard InChI is InChI=1S/C22H20N4O3S2/c1-28-17-10-5-3-8-15(17)23-20(27)14-31-22-25-24-21(19-12-7-13-30-19)26(22)16-9-4-6-11-18(16)29-2/h3-13H,14H2,1-2H3,(H,23,27). The van der Waals surface area contributed by atoms with Gasteiger partial charge in [0.05, 0.1) is 36.2 Å². The largest absolute Gasteiger partial charge is 0.495 e. The maximum atomic E-state index is 12.6. The minimum absolute atomic E-state index is 0.162. The molecule has 4 aromatic rings. The molecule has 0 bridgehead atoms. The van der Waals surface area contributed by atoms with Gasteiger partial charge in [0.1, 0.15) is 11.5 Å². The molecule has 2 aromatic heterocycles. The number of amides is 1. The minimum Gasteiger partial charge on any atom is -0.495 e. The maximum Gasteiger partial charge on any atom is 0.234 e. The van der Waals surface area contributed by atoms with Crippen molar-refractivity contribution in [3.63, 3.8) is 0 Å². The van der Waals surface area contributed by atoms with E-state index in [4.69, 9.17) is 9.47 Å². The summed E-state index contributed by atoms with van der Waals surface area (Å²) < 4.78 is 12.8. The van der Waals surface area contributed by atoms with Crippen LogP contribution in [0.25, 0.3) is 16.4 Å². The molecule has 158 valence electrons. The third kappa shape index (κ3) is 4.57. The third-order valence-electron chi connectivity index (χ3n) is 4.41. The van der Waals surface area contributed by atoms with Crippen molar-refractivity contribution >= 4 is 34.7 Å².